The van der Waals surface area contributed by atoms with E-state index >= 15 is 0 Å². The van der Waals surface area contributed by atoms with Crippen molar-refractivity contribution in [3.63, 3.8) is 0 Å². The van der Waals surface area contributed by atoms with E-state index in [0.29, 0.717) is 18.7 Å². The lowest BCUT2D eigenvalue weighted by Gasteiger charge is -2.34. The van der Waals surface area contributed by atoms with Gasteiger partial charge in [-0.1, -0.05) is 36.4 Å². The van der Waals surface area contributed by atoms with E-state index in [1.54, 1.807) is 0 Å². The molecule has 0 atom stereocenters. The van der Waals surface area contributed by atoms with Gasteiger partial charge in [0.15, 0.2) is 5.96 Å². The van der Waals surface area contributed by atoms with Crippen LogP contribution in [0.15, 0.2) is 65.7 Å². The van der Waals surface area contributed by atoms with E-state index in [9.17, 15) is 4.79 Å². The van der Waals surface area contributed by atoms with E-state index in [4.69, 9.17) is 4.74 Å². The zero-order valence-electron chi connectivity index (χ0n) is 17.4. The minimum atomic E-state index is -0.0651. The third-order valence-corrected chi connectivity index (χ3v) is 4.82. The summed E-state index contributed by atoms with van der Waals surface area (Å²) >= 11 is 0. The number of para-hydroxylation sites is 1. The summed E-state index contributed by atoms with van der Waals surface area (Å²) in [6.07, 6.45) is 2.16. The molecule has 3 rings (SSSR count). The van der Waals surface area contributed by atoms with Gasteiger partial charge in [0.1, 0.15) is 11.9 Å². The number of guanidine groups is 1. The second-order valence-electron chi connectivity index (χ2n) is 6.97. The summed E-state index contributed by atoms with van der Waals surface area (Å²) in [6.45, 7) is 5.74. The highest BCUT2D eigenvalue weighted by Gasteiger charge is 2.22. The van der Waals surface area contributed by atoms with E-state index in [1.165, 1.54) is 0 Å². The summed E-state index contributed by atoms with van der Waals surface area (Å²) in [5, 5.41) is 6.28. The summed E-state index contributed by atoms with van der Waals surface area (Å²) in [5.74, 6) is 1.77. The van der Waals surface area contributed by atoms with Gasteiger partial charge in [-0.3, -0.25) is 9.79 Å². The van der Waals surface area contributed by atoms with Crippen LogP contribution in [0, 0.1) is 0 Å². The Labute approximate surface area is 196 Å². The van der Waals surface area contributed by atoms with Crippen molar-refractivity contribution in [3.8, 4) is 5.75 Å². The second-order valence-corrected chi connectivity index (χ2v) is 6.97. The molecule has 0 saturated carbocycles. The molecule has 0 spiro atoms. The highest BCUT2D eigenvalue weighted by molar-refractivity contribution is 14.0. The van der Waals surface area contributed by atoms with E-state index < -0.39 is 0 Å². The molecule has 1 heterocycles. The minimum absolute atomic E-state index is 0. The van der Waals surface area contributed by atoms with E-state index in [0.717, 1.165) is 44.2 Å². The normalized spacial score (nSPS) is 14.6. The van der Waals surface area contributed by atoms with Gasteiger partial charge in [0.25, 0.3) is 5.91 Å². The van der Waals surface area contributed by atoms with Crippen LogP contribution in [-0.2, 0) is 0 Å². The summed E-state index contributed by atoms with van der Waals surface area (Å²) < 4.78 is 6.08. The number of carbonyl (C=O) groups is 1. The van der Waals surface area contributed by atoms with Gasteiger partial charge in [-0.05, 0) is 31.2 Å². The molecule has 1 aliphatic rings. The fourth-order valence-electron chi connectivity index (χ4n) is 3.33. The average molecular weight is 522 g/mol. The molecule has 30 heavy (non-hydrogen) atoms. The maximum absolute atomic E-state index is 12.1. The van der Waals surface area contributed by atoms with Crippen molar-refractivity contribution in [2.45, 2.75) is 25.9 Å². The second kappa shape index (κ2) is 13.1. The predicted octanol–water partition coefficient (Wildman–Crippen LogP) is 3.54. The number of rotatable bonds is 7. The smallest absolute Gasteiger partial charge is 0.251 e. The Morgan fingerprint density at radius 1 is 1.03 bits per heavy atom. The number of benzene rings is 2. The van der Waals surface area contributed by atoms with Gasteiger partial charge in [0.05, 0.1) is 6.54 Å². The number of hydrogen-bond donors (Lipinski definition) is 2. The quantitative estimate of drug-likeness (QED) is 0.253. The monoisotopic (exact) mass is 522 g/mol. The van der Waals surface area contributed by atoms with Crippen LogP contribution in [0.4, 0.5) is 0 Å². The standard InChI is InChI=1S/C23H30N4O2.HI/c1-2-24-23(26-16-15-25-22(28)19-9-5-3-6-10-19)27-17-13-21(14-18-27)29-20-11-7-4-8-12-20;/h3-12,21H,2,13-18H2,1H3,(H,24,26)(H,25,28);1H. The summed E-state index contributed by atoms with van der Waals surface area (Å²) in [4.78, 5) is 19.1. The van der Waals surface area contributed by atoms with Crippen molar-refractivity contribution in [1.82, 2.24) is 15.5 Å². The largest absolute Gasteiger partial charge is 0.490 e. The lowest BCUT2D eigenvalue weighted by molar-refractivity contribution is 0.0954. The van der Waals surface area contributed by atoms with Crippen LogP contribution in [0.25, 0.3) is 0 Å². The molecular weight excluding hydrogens is 491 g/mol. The summed E-state index contributed by atoms with van der Waals surface area (Å²) in [5.41, 5.74) is 0.670. The van der Waals surface area contributed by atoms with Crippen LogP contribution in [0.5, 0.6) is 5.75 Å². The van der Waals surface area contributed by atoms with Crippen LogP contribution in [-0.4, -0.2) is 55.6 Å². The first kappa shape index (κ1) is 24.0. The number of halogens is 1. The van der Waals surface area contributed by atoms with Crippen molar-refractivity contribution in [2.24, 2.45) is 4.99 Å². The van der Waals surface area contributed by atoms with Gasteiger partial charge in [-0.25, -0.2) is 0 Å². The number of piperidine rings is 1. The number of ether oxygens (including phenoxy) is 1. The molecule has 2 aromatic carbocycles. The molecule has 0 bridgehead atoms. The molecular formula is C23H31IN4O2. The van der Waals surface area contributed by atoms with E-state index in [1.807, 2.05) is 60.7 Å². The average Bonchev–Trinajstić information content (AvgIpc) is 2.78. The minimum Gasteiger partial charge on any atom is -0.490 e. The van der Waals surface area contributed by atoms with Crippen molar-refractivity contribution in [2.75, 3.05) is 32.7 Å². The Kier molecular flexibility index (Phi) is 10.5. The number of aliphatic imine (C=N–C) groups is 1. The van der Waals surface area contributed by atoms with Crippen molar-refractivity contribution in [3.05, 3.63) is 66.2 Å². The molecule has 162 valence electrons. The Hall–Kier alpha value is -2.29. The lowest BCUT2D eigenvalue weighted by Crippen LogP contribution is -2.47. The molecule has 2 N–H and O–H groups in total. The third-order valence-electron chi connectivity index (χ3n) is 4.82. The van der Waals surface area contributed by atoms with Gasteiger partial charge in [-0.15, -0.1) is 24.0 Å². The molecule has 1 amide bonds. The molecule has 2 aromatic rings. The van der Waals surface area contributed by atoms with Crippen molar-refractivity contribution >= 4 is 35.8 Å². The zero-order chi connectivity index (χ0) is 20.3. The molecule has 1 aliphatic heterocycles. The topological polar surface area (TPSA) is 66.0 Å². The first-order valence-electron chi connectivity index (χ1n) is 10.3. The Bertz CT molecular complexity index is 778. The van der Waals surface area contributed by atoms with Gasteiger partial charge in [0.2, 0.25) is 0 Å². The molecule has 0 aliphatic carbocycles. The lowest BCUT2D eigenvalue weighted by atomic mass is 10.1. The number of likely N-dealkylation sites (tertiary alicyclic amines) is 1. The van der Waals surface area contributed by atoms with Gasteiger partial charge >= 0.3 is 0 Å². The molecule has 7 heteroatoms. The van der Waals surface area contributed by atoms with Crippen molar-refractivity contribution in [1.29, 1.82) is 0 Å². The molecule has 1 fully saturated rings. The zero-order valence-corrected chi connectivity index (χ0v) is 19.8. The van der Waals surface area contributed by atoms with E-state index in [-0.39, 0.29) is 36.0 Å². The molecule has 0 unspecified atom stereocenters. The molecule has 0 aromatic heterocycles. The summed E-state index contributed by atoms with van der Waals surface area (Å²) in [7, 11) is 0. The first-order valence-corrected chi connectivity index (χ1v) is 10.3. The van der Waals surface area contributed by atoms with E-state index in [2.05, 4.69) is 27.4 Å². The van der Waals surface area contributed by atoms with Crippen LogP contribution >= 0.6 is 24.0 Å². The Morgan fingerprint density at radius 2 is 1.67 bits per heavy atom. The maximum atomic E-state index is 12.1. The van der Waals surface area contributed by atoms with Gasteiger partial charge in [0, 0.05) is 44.6 Å². The van der Waals surface area contributed by atoms with Gasteiger partial charge < -0.3 is 20.3 Å². The molecule has 6 nitrogen and oxygen atoms in total. The SMILES string of the molecule is CCNC(=NCCNC(=O)c1ccccc1)N1CCC(Oc2ccccc2)CC1.I. The third kappa shape index (κ3) is 7.51. The predicted molar refractivity (Wildman–Crippen MR) is 132 cm³/mol. The summed E-state index contributed by atoms with van der Waals surface area (Å²) in [6, 6.07) is 19.2. The van der Waals surface area contributed by atoms with Crippen LogP contribution < -0.4 is 15.4 Å². The van der Waals surface area contributed by atoms with Crippen LogP contribution in [0.2, 0.25) is 0 Å². The van der Waals surface area contributed by atoms with Gasteiger partial charge in [-0.2, -0.15) is 0 Å². The first-order chi connectivity index (χ1) is 14.3. The number of carbonyl (C=O) groups excluding carboxylic acids is 1. The highest BCUT2D eigenvalue weighted by atomic mass is 127. The van der Waals surface area contributed by atoms with Crippen LogP contribution in [0.3, 0.4) is 0 Å². The Balaban J connectivity index is 0.00000320. The van der Waals surface area contributed by atoms with Crippen molar-refractivity contribution < 1.29 is 9.53 Å². The number of nitrogens with one attached hydrogen (secondary N) is 2. The molecule has 0 radical (unpaired) electrons. The maximum Gasteiger partial charge on any atom is 0.251 e. The highest BCUT2D eigenvalue weighted by Crippen LogP contribution is 2.18. The number of amides is 1. The Morgan fingerprint density at radius 3 is 2.30 bits per heavy atom. The fraction of sp³-hybridized carbons (Fsp3) is 0.391. The number of hydrogen-bond acceptors (Lipinski definition) is 3. The van der Waals surface area contributed by atoms with Crippen LogP contribution in [0.1, 0.15) is 30.1 Å². The fourth-order valence-corrected chi connectivity index (χ4v) is 3.33. The number of nitrogens with zero attached hydrogens (tertiary/aromatic N) is 2. The molecule has 1 saturated heterocycles.